The van der Waals surface area contributed by atoms with Gasteiger partial charge in [-0.1, -0.05) is 6.07 Å². The van der Waals surface area contributed by atoms with Crippen LogP contribution in [0, 0.1) is 0 Å². The van der Waals surface area contributed by atoms with Crippen LogP contribution < -0.4 is 0 Å². The fourth-order valence-corrected chi connectivity index (χ4v) is 3.21. The minimum atomic E-state index is 0.00690. The van der Waals surface area contributed by atoms with Crippen molar-refractivity contribution in [2.45, 2.75) is 31.2 Å². The maximum absolute atomic E-state index is 4.94. The molecule has 0 bridgehead atoms. The zero-order valence-electron chi connectivity index (χ0n) is 14.2. The van der Waals surface area contributed by atoms with Crippen molar-refractivity contribution in [3.8, 4) is 5.82 Å². The Balaban J connectivity index is 1.63. The molecule has 26 heavy (non-hydrogen) atoms. The van der Waals surface area contributed by atoms with E-state index in [1.165, 1.54) is 12.8 Å². The molecule has 1 atom stereocenters. The van der Waals surface area contributed by atoms with Crippen LogP contribution in [-0.2, 0) is 6.42 Å². The Morgan fingerprint density at radius 1 is 1.15 bits per heavy atom. The van der Waals surface area contributed by atoms with Crippen molar-refractivity contribution in [1.29, 1.82) is 0 Å². The van der Waals surface area contributed by atoms with E-state index in [9.17, 15) is 0 Å². The van der Waals surface area contributed by atoms with E-state index in [0.717, 1.165) is 29.6 Å². The van der Waals surface area contributed by atoms with Crippen LogP contribution in [0.1, 0.15) is 42.1 Å². The molecule has 0 radical (unpaired) electrons. The average Bonchev–Trinajstić information content (AvgIpc) is 3.12. The zero-order valence-corrected chi connectivity index (χ0v) is 14.2. The third-order valence-corrected chi connectivity index (χ3v) is 4.71. The number of aromatic nitrogens is 7. The first-order valence-corrected chi connectivity index (χ1v) is 8.86. The summed E-state index contributed by atoms with van der Waals surface area (Å²) in [7, 11) is 0. The van der Waals surface area contributed by atoms with Crippen LogP contribution in [0.4, 0.5) is 0 Å². The normalized spacial score (nSPS) is 15.2. The van der Waals surface area contributed by atoms with E-state index in [0.29, 0.717) is 5.92 Å². The van der Waals surface area contributed by atoms with Gasteiger partial charge in [-0.3, -0.25) is 0 Å². The fraction of sp³-hybridized carbons (Fsp3) is 0.263. The maximum Gasteiger partial charge on any atom is 0.157 e. The Hall–Kier alpha value is -3.22. The van der Waals surface area contributed by atoms with Crippen LogP contribution >= 0.6 is 0 Å². The molecule has 7 heteroatoms. The SMILES string of the molecule is c1ccc(-n2nc(C3CC3)nc2C(Cc2cnc[nH]2)n2cccc2)nc1. The molecule has 1 unspecified atom stereocenters. The van der Waals surface area contributed by atoms with E-state index in [-0.39, 0.29) is 6.04 Å². The van der Waals surface area contributed by atoms with Gasteiger partial charge in [0.2, 0.25) is 0 Å². The van der Waals surface area contributed by atoms with Gasteiger partial charge in [-0.05, 0) is 37.1 Å². The first kappa shape index (κ1) is 15.1. The van der Waals surface area contributed by atoms with Gasteiger partial charge in [0, 0.05) is 42.8 Å². The predicted molar refractivity (Wildman–Crippen MR) is 96.0 cm³/mol. The molecule has 7 nitrogen and oxygen atoms in total. The molecule has 0 saturated heterocycles. The molecule has 0 spiro atoms. The van der Waals surface area contributed by atoms with E-state index in [1.807, 2.05) is 41.2 Å². The molecule has 1 fully saturated rings. The zero-order chi connectivity index (χ0) is 17.3. The molecule has 4 aromatic heterocycles. The summed E-state index contributed by atoms with van der Waals surface area (Å²) in [6.07, 6.45) is 12.6. The lowest BCUT2D eigenvalue weighted by Crippen LogP contribution is -2.18. The van der Waals surface area contributed by atoms with Gasteiger partial charge in [0.15, 0.2) is 17.5 Å². The summed E-state index contributed by atoms with van der Waals surface area (Å²) < 4.78 is 4.07. The molecule has 0 amide bonds. The Morgan fingerprint density at radius 2 is 2.04 bits per heavy atom. The number of imidazole rings is 1. The molecule has 5 rings (SSSR count). The molecule has 4 aromatic rings. The lowest BCUT2D eigenvalue weighted by molar-refractivity contribution is 0.528. The molecule has 1 saturated carbocycles. The summed E-state index contributed by atoms with van der Waals surface area (Å²) in [5, 5.41) is 4.81. The summed E-state index contributed by atoms with van der Waals surface area (Å²) in [6.45, 7) is 0. The molecule has 1 aliphatic carbocycles. The fourth-order valence-electron chi connectivity index (χ4n) is 3.21. The van der Waals surface area contributed by atoms with Gasteiger partial charge in [0.05, 0.1) is 12.4 Å². The minimum Gasteiger partial charge on any atom is -0.348 e. The van der Waals surface area contributed by atoms with Gasteiger partial charge in [-0.15, -0.1) is 5.10 Å². The van der Waals surface area contributed by atoms with E-state index in [4.69, 9.17) is 10.1 Å². The summed E-state index contributed by atoms with van der Waals surface area (Å²) in [5.41, 5.74) is 1.06. The summed E-state index contributed by atoms with van der Waals surface area (Å²) in [4.78, 5) is 16.8. The van der Waals surface area contributed by atoms with Gasteiger partial charge in [0.25, 0.3) is 0 Å². The Labute approximate surface area is 150 Å². The Kier molecular flexibility index (Phi) is 3.62. The first-order valence-electron chi connectivity index (χ1n) is 8.86. The number of nitrogens with zero attached hydrogens (tertiary/aromatic N) is 6. The quantitative estimate of drug-likeness (QED) is 0.583. The summed E-state index contributed by atoms with van der Waals surface area (Å²) in [6, 6.07) is 9.93. The van der Waals surface area contributed by atoms with E-state index >= 15 is 0 Å². The van der Waals surface area contributed by atoms with Crippen LogP contribution in [0.3, 0.4) is 0 Å². The van der Waals surface area contributed by atoms with Gasteiger partial charge in [0.1, 0.15) is 0 Å². The van der Waals surface area contributed by atoms with Crippen LogP contribution in [0.5, 0.6) is 0 Å². The van der Waals surface area contributed by atoms with Crippen molar-refractivity contribution < 1.29 is 0 Å². The summed E-state index contributed by atoms with van der Waals surface area (Å²) in [5.74, 6) is 3.10. The lowest BCUT2D eigenvalue weighted by Gasteiger charge is -2.18. The predicted octanol–water partition coefficient (Wildman–Crippen LogP) is 2.90. The Bertz CT molecular complexity index is 967. The number of aromatic amines is 1. The van der Waals surface area contributed by atoms with Crippen molar-refractivity contribution in [1.82, 2.24) is 34.3 Å². The van der Waals surface area contributed by atoms with Gasteiger partial charge in [-0.25, -0.2) is 15.0 Å². The van der Waals surface area contributed by atoms with E-state index in [1.54, 1.807) is 12.5 Å². The highest BCUT2D eigenvalue weighted by molar-refractivity contribution is 5.25. The van der Waals surface area contributed by atoms with Gasteiger partial charge >= 0.3 is 0 Å². The van der Waals surface area contributed by atoms with Gasteiger partial charge < -0.3 is 9.55 Å². The molecule has 0 aliphatic heterocycles. The second-order valence-electron chi connectivity index (χ2n) is 6.63. The van der Waals surface area contributed by atoms with Crippen LogP contribution in [-0.4, -0.2) is 34.3 Å². The minimum absolute atomic E-state index is 0.00690. The second kappa shape index (κ2) is 6.25. The highest BCUT2D eigenvalue weighted by Crippen LogP contribution is 2.39. The third kappa shape index (κ3) is 2.81. The topological polar surface area (TPSA) is 77.2 Å². The molecule has 1 aliphatic rings. The summed E-state index contributed by atoms with van der Waals surface area (Å²) >= 11 is 0. The standard InChI is InChI=1S/C19H19N7/c1-2-8-21-17(5-1)26-19(23-18(24-26)14-6-7-14)16(25-9-3-4-10-25)11-15-12-20-13-22-15/h1-5,8-10,12-14,16H,6-7,11H2,(H,20,22). The first-order chi connectivity index (χ1) is 12.9. The largest absolute Gasteiger partial charge is 0.348 e. The average molecular weight is 345 g/mol. The number of nitrogens with one attached hydrogen (secondary N) is 1. The molecule has 130 valence electrons. The monoisotopic (exact) mass is 345 g/mol. The highest BCUT2D eigenvalue weighted by atomic mass is 15.4. The van der Waals surface area contributed by atoms with Crippen molar-refractivity contribution in [2.75, 3.05) is 0 Å². The molecule has 1 N–H and O–H groups in total. The van der Waals surface area contributed by atoms with Crippen molar-refractivity contribution in [3.63, 3.8) is 0 Å². The third-order valence-electron chi connectivity index (χ3n) is 4.71. The lowest BCUT2D eigenvalue weighted by atomic mass is 10.1. The van der Waals surface area contributed by atoms with Crippen molar-refractivity contribution >= 4 is 0 Å². The Morgan fingerprint density at radius 3 is 2.73 bits per heavy atom. The number of rotatable bonds is 6. The smallest absolute Gasteiger partial charge is 0.157 e. The maximum atomic E-state index is 4.94. The molecular weight excluding hydrogens is 326 g/mol. The van der Waals surface area contributed by atoms with Gasteiger partial charge in [-0.2, -0.15) is 4.68 Å². The number of pyridine rings is 1. The molecule has 4 heterocycles. The van der Waals surface area contributed by atoms with Crippen molar-refractivity contribution in [2.24, 2.45) is 0 Å². The number of H-pyrrole nitrogens is 1. The van der Waals surface area contributed by atoms with E-state index < -0.39 is 0 Å². The number of hydrogen-bond acceptors (Lipinski definition) is 4. The molecular formula is C19H19N7. The van der Waals surface area contributed by atoms with Crippen molar-refractivity contribution in [3.05, 3.63) is 78.8 Å². The number of hydrogen-bond donors (Lipinski definition) is 1. The van der Waals surface area contributed by atoms with Crippen LogP contribution in [0.25, 0.3) is 5.82 Å². The van der Waals surface area contributed by atoms with Crippen LogP contribution in [0.15, 0.2) is 61.4 Å². The van der Waals surface area contributed by atoms with Crippen LogP contribution in [0.2, 0.25) is 0 Å². The second-order valence-corrected chi connectivity index (χ2v) is 6.63. The highest BCUT2D eigenvalue weighted by Gasteiger charge is 2.31. The molecule has 0 aromatic carbocycles. The van der Waals surface area contributed by atoms with E-state index in [2.05, 4.69) is 31.9 Å².